The molecule has 0 spiro atoms. The molecule has 0 unspecified atom stereocenters. The number of anilines is 1. The summed E-state index contributed by atoms with van der Waals surface area (Å²) < 4.78 is 23.5. The number of nitrogens with one attached hydrogen (secondary N) is 1. The first-order valence-corrected chi connectivity index (χ1v) is 10.1. The highest BCUT2D eigenvalue weighted by atomic mass is 16.5. The third kappa shape index (κ3) is 3.82. The fraction of sp³-hybridized carbons (Fsp3) is 0.250. The second-order valence-electron chi connectivity index (χ2n) is 7.43. The molecule has 2 aromatic carbocycles. The van der Waals surface area contributed by atoms with Crippen molar-refractivity contribution in [2.45, 2.75) is 12.3 Å². The summed E-state index contributed by atoms with van der Waals surface area (Å²) in [5.74, 6) is 0.306. The van der Waals surface area contributed by atoms with Gasteiger partial charge in [-0.1, -0.05) is 6.07 Å². The van der Waals surface area contributed by atoms with Crippen molar-refractivity contribution >= 4 is 17.6 Å². The maximum Gasteiger partial charge on any atom is 0.339 e. The number of rotatable bonds is 7. The van der Waals surface area contributed by atoms with Crippen molar-refractivity contribution in [3.05, 3.63) is 59.4 Å². The van der Waals surface area contributed by atoms with E-state index in [-0.39, 0.29) is 23.6 Å². The maximum atomic E-state index is 12.6. The lowest BCUT2D eigenvalue weighted by atomic mass is 9.87. The molecule has 172 valence electrons. The van der Waals surface area contributed by atoms with E-state index in [0.29, 0.717) is 34.4 Å². The molecule has 0 saturated heterocycles. The van der Waals surface area contributed by atoms with E-state index in [0.717, 1.165) is 5.56 Å². The molecule has 1 aliphatic rings. The van der Waals surface area contributed by atoms with Crippen molar-refractivity contribution in [2.75, 3.05) is 33.8 Å². The molecule has 1 atom stereocenters. The monoisotopic (exact) mass is 452 g/mol. The number of methoxy groups -OCH3 is 4. The molecule has 1 aliphatic heterocycles. The Bertz CT molecular complexity index is 1230. The fourth-order valence-electron chi connectivity index (χ4n) is 4.18. The average molecular weight is 452 g/mol. The molecule has 4 rings (SSSR count). The number of amides is 1. The van der Waals surface area contributed by atoms with Gasteiger partial charge >= 0.3 is 5.97 Å². The maximum absolute atomic E-state index is 12.6. The van der Waals surface area contributed by atoms with E-state index in [1.807, 2.05) is 6.07 Å². The largest absolute Gasteiger partial charge is 0.497 e. The summed E-state index contributed by atoms with van der Waals surface area (Å²) in [5.41, 5.74) is 2.18. The number of carboxylic acid groups (broad SMARTS) is 1. The number of fused-ring (bicyclic) bond motifs is 1. The van der Waals surface area contributed by atoms with E-state index in [1.54, 1.807) is 49.1 Å². The summed E-state index contributed by atoms with van der Waals surface area (Å²) in [6.45, 7) is 0. The Morgan fingerprint density at radius 2 is 1.61 bits per heavy atom. The number of ether oxygens (including phenoxy) is 4. The molecular formula is C24H24N2O7. The molecule has 0 saturated carbocycles. The van der Waals surface area contributed by atoms with Crippen LogP contribution in [0.1, 0.15) is 34.0 Å². The molecule has 0 radical (unpaired) electrons. The summed E-state index contributed by atoms with van der Waals surface area (Å²) in [4.78, 5) is 24.7. The van der Waals surface area contributed by atoms with Gasteiger partial charge in [0.05, 0.1) is 45.5 Å². The zero-order valence-corrected chi connectivity index (χ0v) is 18.7. The van der Waals surface area contributed by atoms with Crippen LogP contribution in [-0.2, 0) is 4.79 Å². The number of nitrogens with zero attached hydrogens (tertiary/aromatic N) is 1. The van der Waals surface area contributed by atoms with Crippen LogP contribution in [0.2, 0.25) is 0 Å². The topological polar surface area (TPSA) is 108 Å². The molecule has 3 aromatic rings. The second-order valence-corrected chi connectivity index (χ2v) is 7.43. The van der Waals surface area contributed by atoms with Crippen LogP contribution in [0.3, 0.4) is 0 Å². The number of carbonyl (C=O) groups excluding carboxylic acids is 1. The number of aromatic nitrogens is 1. The predicted octanol–water partition coefficient (Wildman–Crippen LogP) is 3.68. The second kappa shape index (κ2) is 8.78. The molecule has 2 heterocycles. The summed E-state index contributed by atoms with van der Waals surface area (Å²) in [5, 5.41) is 12.6. The van der Waals surface area contributed by atoms with Gasteiger partial charge in [-0.05, 0) is 18.2 Å². The lowest BCUT2D eigenvalue weighted by Gasteiger charge is -2.28. The summed E-state index contributed by atoms with van der Waals surface area (Å²) in [6.07, 6.45) is 1.60. The van der Waals surface area contributed by atoms with Gasteiger partial charge in [0.15, 0.2) is 0 Å². The van der Waals surface area contributed by atoms with Crippen LogP contribution in [0.5, 0.6) is 23.0 Å². The van der Waals surface area contributed by atoms with Crippen molar-refractivity contribution in [1.29, 1.82) is 0 Å². The van der Waals surface area contributed by atoms with Crippen LogP contribution in [0.15, 0.2) is 42.6 Å². The van der Waals surface area contributed by atoms with Crippen LogP contribution in [-0.4, -0.2) is 50.0 Å². The van der Waals surface area contributed by atoms with Crippen molar-refractivity contribution in [2.24, 2.45) is 0 Å². The third-order valence-electron chi connectivity index (χ3n) is 5.72. The third-order valence-corrected chi connectivity index (χ3v) is 5.72. The Kier molecular flexibility index (Phi) is 5.87. The Morgan fingerprint density at radius 3 is 2.21 bits per heavy atom. The molecular weight excluding hydrogens is 428 g/mol. The van der Waals surface area contributed by atoms with Gasteiger partial charge < -0.3 is 33.9 Å². The minimum absolute atomic E-state index is 0.0200. The first kappa shape index (κ1) is 22.1. The van der Waals surface area contributed by atoms with Crippen LogP contribution in [0.25, 0.3) is 5.69 Å². The molecule has 9 heteroatoms. The summed E-state index contributed by atoms with van der Waals surface area (Å²) in [6, 6.07) is 10.6. The van der Waals surface area contributed by atoms with Crippen LogP contribution < -0.4 is 24.3 Å². The van der Waals surface area contributed by atoms with Gasteiger partial charge in [-0.25, -0.2) is 4.79 Å². The normalized spacial score (nSPS) is 14.8. The summed E-state index contributed by atoms with van der Waals surface area (Å²) in [7, 11) is 6.17. The molecule has 1 amide bonds. The van der Waals surface area contributed by atoms with E-state index < -0.39 is 11.9 Å². The molecule has 9 nitrogen and oxygen atoms in total. The van der Waals surface area contributed by atoms with Crippen LogP contribution in [0, 0.1) is 0 Å². The van der Waals surface area contributed by atoms with E-state index in [2.05, 4.69) is 5.32 Å². The number of hydrogen-bond donors (Lipinski definition) is 2. The highest BCUT2D eigenvalue weighted by Gasteiger charge is 2.36. The Morgan fingerprint density at radius 1 is 0.970 bits per heavy atom. The number of aromatic carboxylic acids is 1. The van der Waals surface area contributed by atoms with E-state index in [9.17, 15) is 14.7 Å². The first-order chi connectivity index (χ1) is 15.9. The van der Waals surface area contributed by atoms with Gasteiger partial charge in [-0.3, -0.25) is 4.79 Å². The first-order valence-electron chi connectivity index (χ1n) is 10.1. The van der Waals surface area contributed by atoms with Crippen molar-refractivity contribution in [3.63, 3.8) is 0 Å². The van der Waals surface area contributed by atoms with Gasteiger partial charge in [0.1, 0.15) is 28.6 Å². The molecule has 0 bridgehead atoms. The lowest BCUT2D eigenvalue weighted by Crippen LogP contribution is -2.26. The van der Waals surface area contributed by atoms with E-state index in [4.69, 9.17) is 18.9 Å². The Labute approximate surface area is 190 Å². The highest BCUT2D eigenvalue weighted by molar-refractivity contribution is 6.04. The van der Waals surface area contributed by atoms with Gasteiger partial charge in [0.2, 0.25) is 5.91 Å². The predicted molar refractivity (Wildman–Crippen MR) is 120 cm³/mol. The smallest absolute Gasteiger partial charge is 0.339 e. The zero-order valence-electron chi connectivity index (χ0n) is 18.7. The van der Waals surface area contributed by atoms with Gasteiger partial charge in [-0.15, -0.1) is 0 Å². The van der Waals surface area contributed by atoms with E-state index >= 15 is 0 Å². The number of hydrogen-bond acceptors (Lipinski definition) is 6. The molecule has 0 aliphatic carbocycles. The minimum Gasteiger partial charge on any atom is -0.497 e. The van der Waals surface area contributed by atoms with E-state index in [1.165, 1.54) is 20.4 Å². The van der Waals surface area contributed by atoms with Crippen LogP contribution >= 0.6 is 0 Å². The molecule has 2 N–H and O–H groups in total. The standard InChI is InChI=1S/C24H24N2O7/c1-30-13-5-7-15(19(9-13)32-3)16-11-21(27)25-22-17(24(28)29)12-26(23(16)22)18-8-6-14(31-2)10-20(18)33-4/h5-10,12,16H,11H2,1-4H3,(H,25,27)(H,28,29)/t16-/m1/s1. The zero-order chi connectivity index (χ0) is 23.7. The van der Waals surface area contributed by atoms with Gasteiger partial charge in [0, 0.05) is 36.2 Å². The summed E-state index contributed by atoms with van der Waals surface area (Å²) >= 11 is 0. The van der Waals surface area contributed by atoms with Crippen molar-refractivity contribution < 1.29 is 33.6 Å². The number of benzene rings is 2. The van der Waals surface area contributed by atoms with Crippen LogP contribution in [0.4, 0.5) is 5.69 Å². The Hall–Kier alpha value is -4.14. The SMILES string of the molecule is COc1ccc([C@H]2CC(=O)Nc3c(C(=O)O)cn(-c4ccc(OC)cc4OC)c32)c(OC)c1. The van der Waals surface area contributed by atoms with Crippen molar-refractivity contribution in [1.82, 2.24) is 4.57 Å². The van der Waals surface area contributed by atoms with Gasteiger partial charge in [0.25, 0.3) is 0 Å². The number of carbonyl (C=O) groups is 2. The fourth-order valence-corrected chi connectivity index (χ4v) is 4.18. The number of carboxylic acids is 1. The lowest BCUT2D eigenvalue weighted by molar-refractivity contribution is -0.116. The molecule has 1 aromatic heterocycles. The molecule has 33 heavy (non-hydrogen) atoms. The highest BCUT2D eigenvalue weighted by Crippen LogP contribution is 2.46. The van der Waals surface area contributed by atoms with Gasteiger partial charge in [-0.2, -0.15) is 0 Å². The van der Waals surface area contributed by atoms with Crippen molar-refractivity contribution in [3.8, 4) is 28.7 Å². The minimum atomic E-state index is -1.15. The quantitative estimate of drug-likeness (QED) is 0.563. The Balaban J connectivity index is 1.99. The molecule has 0 fully saturated rings. The average Bonchev–Trinajstić information content (AvgIpc) is 3.22.